The number of halogens is 1. The third kappa shape index (κ3) is 4.31. The molecule has 0 saturated carbocycles. The molecule has 0 bridgehead atoms. The zero-order valence-corrected chi connectivity index (χ0v) is 12.1. The number of benzene rings is 1. The van der Waals surface area contributed by atoms with Crippen LogP contribution in [-0.2, 0) is 17.8 Å². The quantitative estimate of drug-likeness (QED) is 0.862. The van der Waals surface area contributed by atoms with Gasteiger partial charge in [0.15, 0.2) is 0 Å². The maximum atomic E-state index is 11.9. The van der Waals surface area contributed by atoms with Crippen LogP contribution in [0, 0.1) is 5.41 Å². The first-order chi connectivity index (χ1) is 8.01. The van der Waals surface area contributed by atoms with E-state index in [0.717, 1.165) is 6.42 Å². The van der Waals surface area contributed by atoms with Gasteiger partial charge >= 0.3 is 0 Å². The highest BCUT2D eigenvalue weighted by Crippen LogP contribution is 2.14. The highest BCUT2D eigenvalue weighted by atomic mass is 35.5. The number of carbonyl (C=O) groups is 1. The SMILES string of the molecule is CCc1ccccc1CNC(=O)C(C)(C)CN.Cl. The van der Waals surface area contributed by atoms with Crippen LogP contribution >= 0.6 is 12.4 Å². The number of aryl methyl sites for hydroxylation is 1. The van der Waals surface area contributed by atoms with Crippen molar-refractivity contribution < 1.29 is 4.79 Å². The van der Waals surface area contributed by atoms with Crippen LogP contribution in [0.1, 0.15) is 31.9 Å². The molecule has 0 aliphatic carbocycles. The molecular weight excluding hydrogens is 248 g/mol. The number of hydrogen-bond acceptors (Lipinski definition) is 2. The lowest BCUT2D eigenvalue weighted by Gasteiger charge is -2.21. The number of nitrogens with one attached hydrogen (secondary N) is 1. The fourth-order valence-electron chi connectivity index (χ4n) is 1.58. The molecule has 102 valence electrons. The highest BCUT2D eigenvalue weighted by Gasteiger charge is 2.25. The van der Waals surface area contributed by atoms with Gasteiger partial charge in [0.05, 0.1) is 5.41 Å². The second kappa shape index (κ2) is 7.39. The van der Waals surface area contributed by atoms with Crippen LogP contribution in [0.15, 0.2) is 24.3 Å². The van der Waals surface area contributed by atoms with Gasteiger partial charge in [0.2, 0.25) is 5.91 Å². The molecule has 1 rings (SSSR count). The van der Waals surface area contributed by atoms with Gasteiger partial charge in [-0.1, -0.05) is 31.2 Å². The van der Waals surface area contributed by atoms with Gasteiger partial charge in [-0.3, -0.25) is 4.79 Å². The molecule has 4 heteroatoms. The van der Waals surface area contributed by atoms with E-state index in [2.05, 4.69) is 24.4 Å². The van der Waals surface area contributed by atoms with Crippen molar-refractivity contribution in [2.75, 3.05) is 6.54 Å². The molecule has 0 atom stereocenters. The van der Waals surface area contributed by atoms with Crippen LogP contribution in [0.25, 0.3) is 0 Å². The average molecular weight is 271 g/mol. The fourth-order valence-corrected chi connectivity index (χ4v) is 1.58. The molecule has 3 N–H and O–H groups in total. The molecule has 0 aromatic heterocycles. The topological polar surface area (TPSA) is 55.1 Å². The number of carbonyl (C=O) groups excluding carboxylic acids is 1. The summed E-state index contributed by atoms with van der Waals surface area (Å²) >= 11 is 0. The summed E-state index contributed by atoms with van der Waals surface area (Å²) in [4.78, 5) is 11.9. The van der Waals surface area contributed by atoms with Crippen LogP contribution in [0.2, 0.25) is 0 Å². The van der Waals surface area contributed by atoms with Gasteiger partial charge in [-0.2, -0.15) is 0 Å². The first-order valence-corrected chi connectivity index (χ1v) is 6.06. The molecule has 0 aliphatic heterocycles. The molecule has 0 saturated heterocycles. The van der Waals surface area contributed by atoms with Crippen LogP contribution in [-0.4, -0.2) is 12.5 Å². The second-order valence-electron chi connectivity index (χ2n) is 4.89. The minimum atomic E-state index is -0.499. The molecule has 3 nitrogen and oxygen atoms in total. The Bertz CT molecular complexity index is 391. The van der Waals surface area contributed by atoms with E-state index in [9.17, 15) is 4.79 Å². The van der Waals surface area contributed by atoms with E-state index in [1.165, 1.54) is 11.1 Å². The minimum absolute atomic E-state index is 0. The fraction of sp³-hybridized carbons (Fsp3) is 0.500. The van der Waals surface area contributed by atoms with Gasteiger partial charge in [-0.05, 0) is 31.4 Å². The summed E-state index contributed by atoms with van der Waals surface area (Å²) in [7, 11) is 0. The summed E-state index contributed by atoms with van der Waals surface area (Å²) in [5.41, 5.74) is 7.53. The molecule has 1 aromatic carbocycles. The number of amides is 1. The molecule has 0 heterocycles. The molecule has 0 aliphatic rings. The van der Waals surface area contributed by atoms with Crippen LogP contribution in [0.3, 0.4) is 0 Å². The van der Waals surface area contributed by atoms with E-state index in [1.807, 2.05) is 26.0 Å². The number of rotatable bonds is 5. The molecule has 0 spiro atoms. The van der Waals surface area contributed by atoms with Crippen LogP contribution in [0.5, 0.6) is 0 Å². The van der Waals surface area contributed by atoms with E-state index >= 15 is 0 Å². The summed E-state index contributed by atoms with van der Waals surface area (Å²) in [5.74, 6) is 0.00547. The molecule has 1 aromatic rings. The maximum absolute atomic E-state index is 11.9. The number of hydrogen-bond donors (Lipinski definition) is 2. The normalized spacial score (nSPS) is 10.7. The molecule has 0 fully saturated rings. The number of nitrogens with two attached hydrogens (primary N) is 1. The Morgan fingerprint density at radius 3 is 2.33 bits per heavy atom. The Balaban J connectivity index is 0.00000289. The van der Waals surface area contributed by atoms with Crippen molar-refractivity contribution in [3.05, 3.63) is 35.4 Å². The summed E-state index contributed by atoms with van der Waals surface area (Å²) in [5, 5.41) is 2.95. The lowest BCUT2D eigenvalue weighted by Crippen LogP contribution is -2.41. The minimum Gasteiger partial charge on any atom is -0.352 e. The average Bonchev–Trinajstić information content (AvgIpc) is 2.36. The Kier molecular flexibility index (Phi) is 6.96. The zero-order chi connectivity index (χ0) is 12.9. The third-order valence-electron chi connectivity index (χ3n) is 3.06. The largest absolute Gasteiger partial charge is 0.352 e. The van der Waals surface area contributed by atoms with Crippen molar-refractivity contribution in [1.82, 2.24) is 5.32 Å². The lowest BCUT2D eigenvalue weighted by molar-refractivity contribution is -0.129. The Morgan fingerprint density at radius 2 is 1.83 bits per heavy atom. The summed E-state index contributed by atoms with van der Waals surface area (Å²) < 4.78 is 0. The van der Waals surface area contributed by atoms with Gasteiger partial charge in [0, 0.05) is 13.1 Å². The van der Waals surface area contributed by atoms with E-state index in [4.69, 9.17) is 5.73 Å². The van der Waals surface area contributed by atoms with E-state index in [1.54, 1.807) is 0 Å². The Labute approximate surface area is 116 Å². The van der Waals surface area contributed by atoms with Crippen molar-refractivity contribution in [3.8, 4) is 0 Å². The monoisotopic (exact) mass is 270 g/mol. The molecular formula is C14H23ClN2O. The summed E-state index contributed by atoms with van der Waals surface area (Å²) in [6.07, 6.45) is 0.978. The molecule has 1 amide bonds. The predicted molar refractivity (Wildman–Crippen MR) is 77.8 cm³/mol. The summed E-state index contributed by atoms with van der Waals surface area (Å²) in [6.45, 7) is 6.76. The third-order valence-corrected chi connectivity index (χ3v) is 3.06. The predicted octanol–water partition coefficient (Wildman–Crippen LogP) is 2.27. The van der Waals surface area contributed by atoms with Crippen molar-refractivity contribution in [1.29, 1.82) is 0 Å². The standard InChI is InChI=1S/C14H22N2O.ClH/c1-4-11-7-5-6-8-12(11)9-16-13(17)14(2,3)10-15;/h5-8H,4,9-10,15H2,1-3H3,(H,16,17);1H. The van der Waals surface area contributed by atoms with Crippen molar-refractivity contribution in [3.63, 3.8) is 0 Å². The van der Waals surface area contributed by atoms with Crippen molar-refractivity contribution in [2.24, 2.45) is 11.1 Å². The first-order valence-electron chi connectivity index (χ1n) is 6.06. The zero-order valence-electron chi connectivity index (χ0n) is 11.3. The van der Waals surface area contributed by atoms with Crippen LogP contribution in [0.4, 0.5) is 0 Å². The van der Waals surface area contributed by atoms with Gasteiger partial charge in [-0.25, -0.2) is 0 Å². The van der Waals surface area contributed by atoms with Gasteiger partial charge in [-0.15, -0.1) is 12.4 Å². The van der Waals surface area contributed by atoms with Gasteiger partial charge in [0.1, 0.15) is 0 Å². The van der Waals surface area contributed by atoms with E-state index < -0.39 is 5.41 Å². The lowest BCUT2D eigenvalue weighted by atomic mass is 9.92. The highest BCUT2D eigenvalue weighted by molar-refractivity contribution is 5.85. The Hall–Kier alpha value is -1.06. The van der Waals surface area contributed by atoms with Gasteiger partial charge < -0.3 is 11.1 Å². The molecule has 0 radical (unpaired) electrons. The van der Waals surface area contributed by atoms with Crippen molar-refractivity contribution >= 4 is 18.3 Å². The van der Waals surface area contributed by atoms with E-state index in [0.29, 0.717) is 13.1 Å². The maximum Gasteiger partial charge on any atom is 0.227 e. The smallest absolute Gasteiger partial charge is 0.227 e. The molecule has 0 unspecified atom stereocenters. The summed E-state index contributed by atoms with van der Waals surface area (Å²) in [6, 6.07) is 8.16. The Morgan fingerprint density at radius 1 is 1.28 bits per heavy atom. The van der Waals surface area contributed by atoms with Crippen LogP contribution < -0.4 is 11.1 Å². The van der Waals surface area contributed by atoms with E-state index in [-0.39, 0.29) is 18.3 Å². The molecule has 18 heavy (non-hydrogen) atoms. The second-order valence-corrected chi connectivity index (χ2v) is 4.89. The first kappa shape index (κ1) is 16.9. The van der Waals surface area contributed by atoms with Gasteiger partial charge in [0.25, 0.3) is 0 Å². The van der Waals surface area contributed by atoms with Crippen molar-refractivity contribution in [2.45, 2.75) is 33.7 Å².